The van der Waals surface area contributed by atoms with Gasteiger partial charge < -0.3 is 9.47 Å². The van der Waals surface area contributed by atoms with Crippen molar-refractivity contribution in [3.63, 3.8) is 0 Å². The van der Waals surface area contributed by atoms with Gasteiger partial charge in [0.1, 0.15) is 11.6 Å². The minimum absolute atomic E-state index is 0.0846. The Bertz CT molecular complexity index is 1440. The Morgan fingerprint density at radius 3 is 2.39 bits per heavy atom. The van der Waals surface area contributed by atoms with E-state index in [1.807, 2.05) is 13.0 Å². The molecule has 4 rings (SSSR count). The predicted octanol–water partition coefficient (Wildman–Crippen LogP) is 3.53. The summed E-state index contributed by atoms with van der Waals surface area (Å²) in [6.07, 6.45) is 2.71. The summed E-state index contributed by atoms with van der Waals surface area (Å²) in [5.41, 5.74) is 2.49. The third-order valence-corrected chi connectivity index (χ3v) is 6.51. The molecule has 2 heterocycles. The topological polar surface area (TPSA) is 107 Å². The molecule has 4 aromatic rings. The molecular formula is C22H18N4O4S. The molecule has 0 radical (unpaired) electrons. The van der Waals surface area contributed by atoms with Crippen molar-refractivity contribution in [2.75, 3.05) is 14.2 Å². The van der Waals surface area contributed by atoms with Gasteiger partial charge in [-0.15, -0.1) is 0 Å². The van der Waals surface area contributed by atoms with Crippen molar-refractivity contribution >= 4 is 21.2 Å². The smallest absolute Gasteiger partial charge is 0.269 e. The van der Waals surface area contributed by atoms with Crippen molar-refractivity contribution in [2.45, 2.75) is 11.8 Å². The van der Waals surface area contributed by atoms with E-state index in [1.165, 1.54) is 31.6 Å². The zero-order chi connectivity index (χ0) is 22.2. The van der Waals surface area contributed by atoms with Crippen LogP contribution in [0.2, 0.25) is 0 Å². The number of nitrogens with zero attached hydrogens (tertiary/aromatic N) is 4. The number of methoxy groups -OCH3 is 2. The second-order valence-corrected chi connectivity index (χ2v) is 8.58. The highest BCUT2D eigenvalue weighted by Crippen LogP contribution is 2.32. The molecule has 2 aromatic heterocycles. The number of hydrogen-bond acceptors (Lipinski definition) is 7. The SMILES string of the molecule is COc1ccc(-c2cnc3c(n2)c(C#N)cn3S(=O)(=O)c2ccc(C)cc2)cc1OC. The van der Waals surface area contributed by atoms with Gasteiger partial charge in [0.15, 0.2) is 17.1 Å². The predicted molar refractivity (Wildman–Crippen MR) is 115 cm³/mol. The number of fused-ring (bicyclic) bond motifs is 1. The van der Waals surface area contributed by atoms with Gasteiger partial charge in [0, 0.05) is 11.8 Å². The highest BCUT2D eigenvalue weighted by Gasteiger charge is 2.23. The highest BCUT2D eigenvalue weighted by atomic mass is 32.2. The first-order valence-electron chi connectivity index (χ1n) is 9.22. The molecule has 0 bridgehead atoms. The van der Waals surface area contributed by atoms with Crippen LogP contribution in [0.15, 0.2) is 59.8 Å². The average molecular weight is 434 g/mol. The zero-order valence-electron chi connectivity index (χ0n) is 17.0. The molecule has 8 nitrogen and oxygen atoms in total. The van der Waals surface area contributed by atoms with E-state index in [9.17, 15) is 13.7 Å². The molecule has 0 aliphatic carbocycles. The summed E-state index contributed by atoms with van der Waals surface area (Å²) in [4.78, 5) is 8.96. The maximum Gasteiger partial charge on any atom is 0.269 e. The fraction of sp³-hybridized carbons (Fsp3) is 0.136. The Balaban J connectivity index is 1.88. The molecule has 0 N–H and O–H groups in total. The summed E-state index contributed by atoms with van der Waals surface area (Å²) < 4.78 is 37.9. The first-order chi connectivity index (χ1) is 14.9. The van der Waals surface area contributed by atoms with E-state index >= 15 is 0 Å². The maximum absolute atomic E-state index is 13.2. The number of aromatic nitrogens is 3. The summed E-state index contributed by atoms with van der Waals surface area (Å²) in [6.45, 7) is 1.87. The van der Waals surface area contributed by atoms with Gasteiger partial charge in [-0.1, -0.05) is 17.7 Å². The van der Waals surface area contributed by atoms with Crippen molar-refractivity contribution in [2.24, 2.45) is 0 Å². The summed E-state index contributed by atoms with van der Waals surface area (Å²) in [5.74, 6) is 1.08. The van der Waals surface area contributed by atoms with E-state index < -0.39 is 10.0 Å². The van der Waals surface area contributed by atoms with Crippen molar-refractivity contribution in [3.05, 3.63) is 66.0 Å². The Morgan fingerprint density at radius 1 is 1.03 bits per heavy atom. The molecule has 0 saturated carbocycles. The second kappa shape index (κ2) is 7.74. The van der Waals surface area contributed by atoms with E-state index in [4.69, 9.17) is 9.47 Å². The van der Waals surface area contributed by atoms with Crippen molar-refractivity contribution < 1.29 is 17.9 Å². The average Bonchev–Trinajstić information content (AvgIpc) is 3.17. The van der Waals surface area contributed by atoms with Crippen LogP contribution < -0.4 is 9.47 Å². The van der Waals surface area contributed by atoms with E-state index in [1.54, 1.807) is 37.4 Å². The fourth-order valence-electron chi connectivity index (χ4n) is 3.19. The van der Waals surface area contributed by atoms with Crippen LogP contribution in [0.5, 0.6) is 11.5 Å². The van der Waals surface area contributed by atoms with Gasteiger partial charge in [0.2, 0.25) is 0 Å². The molecule has 0 unspecified atom stereocenters. The summed E-state index contributed by atoms with van der Waals surface area (Å²) in [7, 11) is -0.873. The van der Waals surface area contributed by atoms with Gasteiger partial charge in [-0.2, -0.15) is 5.26 Å². The van der Waals surface area contributed by atoms with E-state index in [-0.39, 0.29) is 21.6 Å². The van der Waals surface area contributed by atoms with E-state index in [0.717, 1.165) is 9.54 Å². The molecule has 156 valence electrons. The van der Waals surface area contributed by atoms with Crippen molar-refractivity contribution in [3.8, 4) is 28.8 Å². The van der Waals surface area contributed by atoms with Gasteiger partial charge in [-0.25, -0.2) is 22.4 Å². The first-order valence-corrected chi connectivity index (χ1v) is 10.7. The number of rotatable bonds is 5. The minimum atomic E-state index is -3.94. The maximum atomic E-state index is 13.2. The molecule has 31 heavy (non-hydrogen) atoms. The molecule has 0 atom stereocenters. The third kappa shape index (κ3) is 3.47. The highest BCUT2D eigenvalue weighted by molar-refractivity contribution is 7.90. The normalized spacial score (nSPS) is 11.3. The lowest BCUT2D eigenvalue weighted by molar-refractivity contribution is 0.355. The van der Waals surface area contributed by atoms with Crippen LogP contribution >= 0.6 is 0 Å². The Hall–Kier alpha value is -3.90. The van der Waals surface area contributed by atoms with Crippen LogP contribution in [-0.4, -0.2) is 36.6 Å². The molecule has 0 spiro atoms. The Labute approximate surface area is 179 Å². The van der Waals surface area contributed by atoms with Crippen LogP contribution in [0, 0.1) is 18.3 Å². The molecule has 0 fully saturated rings. The number of ether oxygens (including phenoxy) is 2. The molecule has 0 amide bonds. The lowest BCUT2D eigenvalue weighted by Gasteiger charge is -2.10. The van der Waals surface area contributed by atoms with Crippen LogP contribution in [0.25, 0.3) is 22.4 Å². The Morgan fingerprint density at radius 2 is 1.74 bits per heavy atom. The number of aryl methyl sites for hydroxylation is 1. The molecule has 9 heteroatoms. The summed E-state index contributed by atoms with van der Waals surface area (Å²) in [5, 5.41) is 9.57. The second-order valence-electron chi connectivity index (χ2n) is 6.77. The monoisotopic (exact) mass is 434 g/mol. The number of nitriles is 1. The zero-order valence-corrected chi connectivity index (χ0v) is 17.8. The van der Waals surface area contributed by atoms with Gasteiger partial charge in [-0.05, 0) is 37.3 Å². The van der Waals surface area contributed by atoms with Gasteiger partial charge in [-0.3, -0.25) is 0 Å². The first kappa shape index (κ1) is 20.4. The molecule has 2 aromatic carbocycles. The minimum Gasteiger partial charge on any atom is -0.493 e. The molecule has 0 aliphatic heterocycles. The molecular weight excluding hydrogens is 416 g/mol. The lowest BCUT2D eigenvalue weighted by Crippen LogP contribution is -2.12. The van der Waals surface area contributed by atoms with Gasteiger partial charge in [0.05, 0.1) is 36.6 Å². The Kier molecular flexibility index (Phi) is 5.09. The molecule has 0 saturated heterocycles. The number of hydrogen-bond donors (Lipinski definition) is 0. The van der Waals surface area contributed by atoms with Crippen LogP contribution in [-0.2, 0) is 10.0 Å². The third-order valence-electron chi connectivity index (χ3n) is 4.84. The summed E-state index contributed by atoms with van der Waals surface area (Å²) >= 11 is 0. The fourth-order valence-corrected chi connectivity index (χ4v) is 4.50. The molecule has 0 aliphatic rings. The van der Waals surface area contributed by atoms with E-state index in [2.05, 4.69) is 9.97 Å². The van der Waals surface area contributed by atoms with Gasteiger partial charge in [0.25, 0.3) is 10.0 Å². The summed E-state index contributed by atoms with van der Waals surface area (Å²) in [6, 6.07) is 13.7. The standard InChI is InChI=1S/C22H18N4O4S/c1-14-4-7-17(8-5-14)31(27,28)26-13-16(11-23)21-22(26)24-12-18(25-21)15-6-9-19(29-2)20(10-15)30-3/h4-10,12-13H,1-3H3. The van der Waals surface area contributed by atoms with Crippen molar-refractivity contribution in [1.29, 1.82) is 5.26 Å². The van der Waals surface area contributed by atoms with Crippen LogP contribution in [0.1, 0.15) is 11.1 Å². The quantitative estimate of drug-likeness (QED) is 0.473. The van der Waals surface area contributed by atoms with Crippen LogP contribution in [0.4, 0.5) is 0 Å². The van der Waals surface area contributed by atoms with E-state index in [0.29, 0.717) is 22.8 Å². The van der Waals surface area contributed by atoms with Crippen LogP contribution in [0.3, 0.4) is 0 Å². The lowest BCUT2D eigenvalue weighted by atomic mass is 10.1. The van der Waals surface area contributed by atoms with Crippen molar-refractivity contribution in [1.82, 2.24) is 13.9 Å². The van der Waals surface area contributed by atoms with Gasteiger partial charge >= 0.3 is 0 Å². The largest absolute Gasteiger partial charge is 0.493 e. The number of benzene rings is 2.